The SMILES string of the molecule is CCOc1ccc(NC(=NC)NCCOCCS(C)(=O)=O)cc1OC.I. The summed E-state index contributed by atoms with van der Waals surface area (Å²) in [4.78, 5) is 4.13. The summed E-state index contributed by atoms with van der Waals surface area (Å²) in [7, 11) is 0.253. The summed E-state index contributed by atoms with van der Waals surface area (Å²) in [5.41, 5.74) is 0.798. The van der Waals surface area contributed by atoms with E-state index in [0.29, 0.717) is 37.2 Å². The predicted molar refractivity (Wildman–Crippen MR) is 115 cm³/mol. The third-order valence-corrected chi connectivity index (χ3v) is 4.00. The van der Waals surface area contributed by atoms with Gasteiger partial charge in [0, 0.05) is 31.6 Å². The minimum Gasteiger partial charge on any atom is -0.493 e. The molecule has 150 valence electrons. The molecule has 2 N–H and O–H groups in total. The van der Waals surface area contributed by atoms with E-state index in [9.17, 15) is 8.42 Å². The van der Waals surface area contributed by atoms with Gasteiger partial charge in [0.05, 0.1) is 32.7 Å². The predicted octanol–water partition coefficient (Wildman–Crippen LogP) is 1.76. The zero-order chi connectivity index (χ0) is 18.7. The number of nitrogens with one attached hydrogen (secondary N) is 2. The van der Waals surface area contributed by atoms with Gasteiger partial charge in [0.2, 0.25) is 0 Å². The second-order valence-corrected chi connectivity index (χ2v) is 7.42. The number of anilines is 1. The van der Waals surface area contributed by atoms with E-state index in [4.69, 9.17) is 14.2 Å². The van der Waals surface area contributed by atoms with Crippen molar-refractivity contribution in [2.45, 2.75) is 6.92 Å². The van der Waals surface area contributed by atoms with Gasteiger partial charge in [-0.25, -0.2) is 8.42 Å². The van der Waals surface area contributed by atoms with E-state index in [-0.39, 0.29) is 36.3 Å². The van der Waals surface area contributed by atoms with E-state index < -0.39 is 9.84 Å². The van der Waals surface area contributed by atoms with E-state index in [1.807, 2.05) is 25.1 Å². The number of halogens is 1. The van der Waals surface area contributed by atoms with E-state index in [0.717, 1.165) is 5.69 Å². The number of sulfone groups is 1. The first kappa shape index (κ1) is 24.7. The molecule has 0 amide bonds. The maximum Gasteiger partial charge on any atom is 0.195 e. The zero-order valence-corrected chi connectivity index (χ0v) is 18.7. The second kappa shape index (κ2) is 13.0. The molecule has 0 saturated carbocycles. The monoisotopic (exact) mass is 501 g/mol. The first-order chi connectivity index (χ1) is 11.9. The molecule has 0 saturated heterocycles. The third-order valence-electron chi connectivity index (χ3n) is 3.09. The maximum absolute atomic E-state index is 11.0. The Morgan fingerprint density at radius 2 is 1.96 bits per heavy atom. The smallest absolute Gasteiger partial charge is 0.195 e. The highest BCUT2D eigenvalue weighted by Gasteiger charge is 2.07. The van der Waals surface area contributed by atoms with Gasteiger partial charge in [0.15, 0.2) is 17.5 Å². The summed E-state index contributed by atoms with van der Waals surface area (Å²) in [5.74, 6) is 1.90. The summed E-state index contributed by atoms with van der Waals surface area (Å²) in [6.07, 6.45) is 1.19. The van der Waals surface area contributed by atoms with Gasteiger partial charge >= 0.3 is 0 Å². The molecule has 26 heavy (non-hydrogen) atoms. The van der Waals surface area contributed by atoms with Crippen LogP contribution in [0.3, 0.4) is 0 Å². The normalized spacial score (nSPS) is 11.5. The van der Waals surface area contributed by atoms with Crippen LogP contribution in [0.5, 0.6) is 11.5 Å². The van der Waals surface area contributed by atoms with Crippen molar-refractivity contribution in [3.63, 3.8) is 0 Å². The van der Waals surface area contributed by atoms with Gasteiger partial charge < -0.3 is 24.8 Å². The van der Waals surface area contributed by atoms with Crippen LogP contribution in [-0.4, -0.2) is 66.9 Å². The first-order valence-corrected chi connectivity index (χ1v) is 9.99. The lowest BCUT2D eigenvalue weighted by Gasteiger charge is -2.14. The van der Waals surface area contributed by atoms with Gasteiger partial charge in [0.1, 0.15) is 9.84 Å². The molecule has 0 aromatic heterocycles. The van der Waals surface area contributed by atoms with Crippen molar-refractivity contribution >= 4 is 45.5 Å². The molecule has 0 heterocycles. The molecule has 0 spiro atoms. The summed E-state index contributed by atoms with van der Waals surface area (Å²) < 4.78 is 38.1. The number of benzene rings is 1. The molecule has 8 nitrogen and oxygen atoms in total. The molecule has 0 fully saturated rings. The van der Waals surface area contributed by atoms with Crippen LogP contribution in [0.2, 0.25) is 0 Å². The quantitative estimate of drug-likeness (QED) is 0.218. The summed E-state index contributed by atoms with van der Waals surface area (Å²) >= 11 is 0. The number of guanidine groups is 1. The van der Waals surface area contributed by atoms with Crippen molar-refractivity contribution in [1.82, 2.24) is 5.32 Å². The maximum atomic E-state index is 11.0. The van der Waals surface area contributed by atoms with Gasteiger partial charge in [-0.1, -0.05) is 0 Å². The van der Waals surface area contributed by atoms with Crippen LogP contribution in [0.1, 0.15) is 6.92 Å². The molecule has 0 unspecified atom stereocenters. The van der Waals surface area contributed by atoms with Crippen LogP contribution in [0.4, 0.5) is 5.69 Å². The van der Waals surface area contributed by atoms with Gasteiger partial charge in [0.25, 0.3) is 0 Å². The van der Waals surface area contributed by atoms with Crippen molar-refractivity contribution in [1.29, 1.82) is 0 Å². The first-order valence-electron chi connectivity index (χ1n) is 7.93. The molecule has 0 atom stereocenters. The molecule has 0 bridgehead atoms. The fourth-order valence-electron chi connectivity index (χ4n) is 1.89. The highest BCUT2D eigenvalue weighted by molar-refractivity contribution is 14.0. The number of hydrogen-bond donors (Lipinski definition) is 2. The van der Waals surface area contributed by atoms with Crippen molar-refractivity contribution in [3.05, 3.63) is 18.2 Å². The molecule has 0 aliphatic rings. The average molecular weight is 501 g/mol. The Morgan fingerprint density at radius 1 is 1.23 bits per heavy atom. The van der Waals surface area contributed by atoms with Gasteiger partial charge in [-0.05, 0) is 19.1 Å². The summed E-state index contributed by atoms with van der Waals surface area (Å²) in [6.45, 7) is 3.53. The Labute approximate surface area is 172 Å². The zero-order valence-electron chi connectivity index (χ0n) is 15.6. The summed E-state index contributed by atoms with van der Waals surface area (Å²) in [6, 6.07) is 5.51. The minimum atomic E-state index is -2.99. The van der Waals surface area contributed by atoms with Crippen molar-refractivity contribution < 1.29 is 22.6 Å². The lowest BCUT2D eigenvalue weighted by molar-refractivity contribution is 0.154. The number of nitrogens with zero attached hydrogens (tertiary/aromatic N) is 1. The molecule has 0 radical (unpaired) electrons. The molecular weight excluding hydrogens is 473 g/mol. The lowest BCUT2D eigenvalue weighted by Crippen LogP contribution is -2.33. The number of hydrogen-bond acceptors (Lipinski definition) is 6. The molecule has 1 aromatic rings. The fourth-order valence-corrected chi connectivity index (χ4v) is 2.31. The standard InChI is InChI=1S/C16H27N3O5S.HI/c1-5-24-14-7-6-13(12-15(14)22-3)19-16(17-2)18-8-9-23-10-11-25(4,20)21;/h6-7,12H,5,8-11H2,1-4H3,(H2,17,18,19);1H. The molecule has 0 aliphatic carbocycles. The minimum absolute atomic E-state index is 0. The lowest BCUT2D eigenvalue weighted by atomic mass is 10.2. The Bertz CT molecular complexity index is 668. The van der Waals surface area contributed by atoms with E-state index in [1.54, 1.807) is 14.2 Å². The third kappa shape index (κ3) is 10.0. The van der Waals surface area contributed by atoms with Crippen molar-refractivity contribution in [2.75, 3.05) is 57.8 Å². The highest BCUT2D eigenvalue weighted by Crippen LogP contribution is 2.30. The molecule has 1 aromatic carbocycles. The number of methoxy groups -OCH3 is 1. The van der Waals surface area contributed by atoms with Crippen molar-refractivity contribution in [3.8, 4) is 11.5 Å². The highest BCUT2D eigenvalue weighted by atomic mass is 127. The number of aliphatic imine (C=N–C) groups is 1. The van der Waals surface area contributed by atoms with E-state index in [2.05, 4.69) is 15.6 Å². The van der Waals surface area contributed by atoms with Gasteiger partial charge in [-0.3, -0.25) is 4.99 Å². The molecule has 10 heteroatoms. The Balaban J connectivity index is 0.00000625. The summed E-state index contributed by atoms with van der Waals surface area (Å²) in [5, 5.41) is 6.22. The topological polar surface area (TPSA) is 98.2 Å². The fraction of sp³-hybridized carbons (Fsp3) is 0.562. The van der Waals surface area contributed by atoms with Gasteiger partial charge in [-0.2, -0.15) is 0 Å². The number of ether oxygens (including phenoxy) is 3. The average Bonchev–Trinajstić information content (AvgIpc) is 2.57. The Morgan fingerprint density at radius 3 is 2.54 bits per heavy atom. The molecule has 1 rings (SSSR count). The molecule has 0 aliphatic heterocycles. The Kier molecular flexibility index (Phi) is 12.3. The van der Waals surface area contributed by atoms with Crippen LogP contribution in [0, 0.1) is 0 Å². The van der Waals surface area contributed by atoms with E-state index in [1.165, 1.54) is 6.26 Å². The number of rotatable bonds is 10. The Hall–Kier alpha value is -1.27. The van der Waals surface area contributed by atoms with Crippen LogP contribution in [0.15, 0.2) is 23.2 Å². The van der Waals surface area contributed by atoms with Crippen LogP contribution < -0.4 is 20.1 Å². The van der Waals surface area contributed by atoms with Crippen LogP contribution >= 0.6 is 24.0 Å². The second-order valence-electron chi connectivity index (χ2n) is 5.16. The molecular formula is C16H28IN3O5S. The van der Waals surface area contributed by atoms with Gasteiger partial charge in [-0.15, -0.1) is 24.0 Å². The van der Waals surface area contributed by atoms with Crippen LogP contribution in [0.25, 0.3) is 0 Å². The van der Waals surface area contributed by atoms with E-state index >= 15 is 0 Å². The van der Waals surface area contributed by atoms with Crippen molar-refractivity contribution in [2.24, 2.45) is 4.99 Å². The van der Waals surface area contributed by atoms with Crippen LogP contribution in [-0.2, 0) is 14.6 Å². The largest absolute Gasteiger partial charge is 0.493 e.